The van der Waals surface area contributed by atoms with E-state index >= 15 is 0 Å². The Labute approximate surface area is 89.2 Å². The molecule has 4 heteroatoms. The van der Waals surface area contributed by atoms with Crippen LogP contribution in [0.2, 0.25) is 0 Å². The average molecular weight is 212 g/mol. The van der Waals surface area contributed by atoms with Crippen LogP contribution in [0.3, 0.4) is 0 Å². The van der Waals surface area contributed by atoms with Crippen molar-refractivity contribution in [3.63, 3.8) is 0 Å². The quantitative estimate of drug-likeness (QED) is 0.656. The molecule has 0 saturated heterocycles. The summed E-state index contributed by atoms with van der Waals surface area (Å²) >= 11 is 0. The highest BCUT2D eigenvalue weighted by Crippen LogP contribution is 2.20. The number of esters is 2. The first-order chi connectivity index (χ1) is 7.08. The number of hydrogen-bond acceptors (Lipinski definition) is 4. The maximum Gasteiger partial charge on any atom is 0.307 e. The predicted octanol–water partition coefficient (Wildman–Crippen LogP) is 1.94. The van der Waals surface area contributed by atoms with Gasteiger partial charge < -0.3 is 9.47 Å². The largest absolute Gasteiger partial charge is 0.462 e. The zero-order chi connectivity index (χ0) is 11.3. The van der Waals surface area contributed by atoms with Gasteiger partial charge in [-0.2, -0.15) is 0 Å². The van der Waals surface area contributed by atoms with Gasteiger partial charge in [-0.3, -0.25) is 9.59 Å². The van der Waals surface area contributed by atoms with Gasteiger partial charge in [0.15, 0.2) is 0 Å². The lowest BCUT2D eigenvalue weighted by atomic mass is 10.1. The zero-order valence-electron chi connectivity index (χ0n) is 9.12. The standard InChI is InChI=1S/C11H16O4/c1-8(12)14-10-4-3-5-11(7-6-10)15-9(2)13/h6,11H,3-5,7H2,1-2H3. The number of allylic oxidation sites excluding steroid dienone is 1. The highest BCUT2D eigenvalue weighted by molar-refractivity contribution is 5.67. The van der Waals surface area contributed by atoms with Crippen LogP contribution in [0.1, 0.15) is 39.5 Å². The third kappa shape index (κ3) is 4.63. The Bertz CT molecular complexity index is 280. The molecule has 0 bridgehead atoms. The summed E-state index contributed by atoms with van der Waals surface area (Å²) in [5, 5.41) is 0. The van der Waals surface area contributed by atoms with E-state index in [1.807, 2.05) is 6.08 Å². The number of ether oxygens (including phenoxy) is 2. The van der Waals surface area contributed by atoms with Crippen molar-refractivity contribution in [2.24, 2.45) is 0 Å². The maximum absolute atomic E-state index is 10.8. The van der Waals surface area contributed by atoms with Crippen LogP contribution >= 0.6 is 0 Å². The average Bonchev–Trinajstić information content (AvgIpc) is 2.29. The van der Waals surface area contributed by atoms with Gasteiger partial charge in [0.05, 0.1) is 0 Å². The van der Waals surface area contributed by atoms with E-state index in [9.17, 15) is 9.59 Å². The van der Waals surface area contributed by atoms with Gasteiger partial charge in [-0.15, -0.1) is 0 Å². The molecule has 1 atom stereocenters. The third-order valence-corrected chi connectivity index (χ3v) is 2.17. The molecular weight excluding hydrogens is 196 g/mol. The van der Waals surface area contributed by atoms with Crippen molar-refractivity contribution in [2.45, 2.75) is 45.6 Å². The molecule has 0 heterocycles. The van der Waals surface area contributed by atoms with Crippen LogP contribution in [0.15, 0.2) is 11.8 Å². The van der Waals surface area contributed by atoms with E-state index in [4.69, 9.17) is 9.47 Å². The van der Waals surface area contributed by atoms with Crippen LogP contribution < -0.4 is 0 Å². The highest BCUT2D eigenvalue weighted by Gasteiger charge is 2.16. The zero-order valence-corrected chi connectivity index (χ0v) is 9.12. The number of rotatable bonds is 2. The van der Waals surface area contributed by atoms with Crippen LogP contribution in [0.5, 0.6) is 0 Å². The Balaban J connectivity index is 2.48. The minimum Gasteiger partial charge on any atom is -0.462 e. The summed E-state index contributed by atoms with van der Waals surface area (Å²) in [6.07, 6.45) is 4.81. The van der Waals surface area contributed by atoms with E-state index < -0.39 is 0 Å². The molecule has 1 aliphatic carbocycles. The Morgan fingerprint density at radius 2 is 2.07 bits per heavy atom. The summed E-state index contributed by atoms with van der Waals surface area (Å²) < 4.78 is 10.1. The first-order valence-electron chi connectivity index (χ1n) is 5.12. The lowest BCUT2D eigenvalue weighted by Crippen LogP contribution is -2.14. The number of carbonyl (C=O) groups is 2. The molecule has 0 aromatic carbocycles. The van der Waals surface area contributed by atoms with Gasteiger partial charge in [-0.05, 0) is 18.9 Å². The van der Waals surface area contributed by atoms with Crippen molar-refractivity contribution in [3.05, 3.63) is 11.8 Å². The van der Waals surface area contributed by atoms with Gasteiger partial charge in [-0.25, -0.2) is 0 Å². The van der Waals surface area contributed by atoms with E-state index in [0.29, 0.717) is 12.2 Å². The maximum atomic E-state index is 10.8. The summed E-state index contributed by atoms with van der Waals surface area (Å²) in [4.78, 5) is 21.5. The van der Waals surface area contributed by atoms with E-state index in [1.165, 1.54) is 13.8 Å². The van der Waals surface area contributed by atoms with Crippen molar-refractivity contribution in [1.29, 1.82) is 0 Å². The lowest BCUT2D eigenvalue weighted by Gasteiger charge is -2.12. The Morgan fingerprint density at radius 3 is 2.67 bits per heavy atom. The Morgan fingerprint density at radius 1 is 1.33 bits per heavy atom. The molecule has 0 N–H and O–H groups in total. The molecule has 1 unspecified atom stereocenters. The second-order valence-electron chi connectivity index (χ2n) is 3.62. The molecule has 1 rings (SSSR count). The molecule has 1 aliphatic rings. The van der Waals surface area contributed by atoms with Crippen molar-refractivity contribution >= 4 is 11.9 Å². The van der Waals surface area contributed by atoms with Gasteiger partial charge in [-0.1, -0.05) is 0 Å². The van der Waals surface area contributed by atoms with Gasteiger partial charge in [0, 0.05) is 26.7 Å². The highest BCUT2D eigenvalue weighted by atomic mass is 16.5. The molecule has 84 valence electrons. The molecule has 0 amide bonds. The Kier molecular flexibility index (Phi) is 4.34. The van der Waals surface area contributed by atoms with Gasteiger partial charge in [0.25, 0.3) is 0 Å². The van der Waals surface area contributed by atoms with Gasteiger partial charge in [0.2, 0.25) is 0 Å². The normalized spacial score (nSPS) is 21.2. The second-order valence-corrected chi connectivity index (χ2v) is 3.62. The molecule has 0 aromatic rings. The molecule has 0 aliphatic heterocycles. The SMILES string of the molecule is CC(=O)OC1=CCC(OC(C)=O)CCC1. The second kappa shape index (κ2) is 5.53. The Hall–Kier alpha value is -1.32. The van der Waals surface area contributed by atoms with Gasteiger partial charge in [0.1, 0.15) is 11.9 Å². The summed E-state index contributed by atoms with van der Waals surface area (Å²) in [5.74, 6) is 0.133. The van der Waals surface area contributed by atoms with Crippen LogP contribution in [0.25, 0.3) is 0 Å². The molecule has 15 heavy (non-hydrogen) atoms. The summed E-state index contributed by atoms with van der Waals surface area (Å²) in [6, 6.07) is 0. The first kappa shape index (κ1) is 11.8. The molecule has 0 saturated carbocycles. The summed E-state index contributed by atoms with van der Waals surface area (Å²) in [7, 11) is 0. The lowest BCUT2D eigenvalue weighted by molar-refractivity contribution is -0.146. The van der Waals surface area contributed by atoms with Crippen LogP contribution in [-0.4, -0.2) is 18.0 Å². The van der Waals surface area contributed by atoms with Crippen molar-refractivity contribution in [1.82, 2.24) is 0 Å². The smallest absolute Gasteiger partial charge is 0.307 e. The number of hydrogen-bond donors (Lipinski definition) is 0. The van der Waals surface area contributed by atoms with Crippen molar-refractivity contribution < 1.29 is 19.1 Å². The summed E-state index contributed by atoms with van der Waals surface area (Å²) in [6.45, 7) is 2.79. The van der Waals surface area contributed by atoms with E-state index in [0.717, 1.165) is 19.3 Å². The summed E-state index contributed by atoms with van der Waals surface area (Å²) in [5.41, 5.74) is 0. The fourth-order valence-corrected chi connectivity index (χ4v) is 1.61. The van der Waals surface area contributed by atoms with Gasteiger partial charge >= 0.3 is 11.9 Å². The minimum atomic E-state index is -0.299. The molecule has 0 radical (unpaired) electrons. The first-order valence-corrected chi connectivity index (χ1v) is 5.12. The third-order valence-electron chi connectivity index (χ3n) is 2.17. The minimum absolute atomic E-state index is 0.0736. The predicted molar refractivity (Wildman–Crippen MR) is 53.9 cm³/mol. The fourth-order valence-electron chi connectivity index (χ4n) is 1.61. The van der Waals surface area contributed by atoms with E-state index in [2.05, 4.69) is 0 Å². The topological polar surface area (TPSA) is 52.6 Å². The van der Waals surface area contributed by atoms with Crippen molar-refractivity contribution in [3.8, 4) is 0 Å². The molecule has 0 aromatic heterocycles. The monoisotopic (exact) mass is 212 g/mol. The van der Waals surface area contributed by atoms with Crippen LogP contribution in [0, 0.1) is 0 Å². The fraction of sp³-hybridized carbons (Fsp3) is 0.636. The van der Waals surface area contributed by atoms with E-state index in [1.54, 1.807) is 0 Å². The number of carbonyl (C=O) groups excluding carboxylic acids is 2. The molecular formula is C11H16O4. The van der Waals surface area contributed by atoms with Crippen LogP contribution in [-0.2, 0) is 19.1 Å². The van der Waals surface area contributed by atoms with Crippen molar-refractivity contribution in [2.75, 3.05) is 0 Å². The van der Waals surface area contributed by atoms with E-state index in [-0.39, 0.29) is 18.0 Å². The molecule has 0 fully saturated rings. The van der Waals surface area contributed by atoms with Crippen LogP contribution in [0.4, 0.5) is 0 Å². The molecule has 0 spiro atoms. The molecule has 4 nitrogen and oxygen atoms in total.